The smallest absolute Gasteiger partial charge is 0.164 e. The minimum Gasteiger partial charge on any atom is -0.365 e. The fourth-order valence-electron chi connectivity index (χ4n) is 3.78. The van der Waals surface area contributed by atoms with E-state index in [9.17, 15) is 0 Å². The second-order valence-electron chi connectivity index (χ2n) is 7.38. The first-order valence-electron chi connectivity index (χ1n) is 9.63. The molecule has 0 aliphatic heterocycles. The molecule has 0 radical (unpaired) electrons. The quantitative estimate of drug-likeness (QED) is 0.540. The maximum absolute atomic E-state index is 4.91. The van der Waals surface area contributed by atoms with Crippen LogP contribution in [0.25, 0.3) is 21.6 Å². The summed E-state index contributed by atoms with van der Waals surface area (Å²) in [6.45, 7) is 3.02. The molecule has 140 valence electrons. The van der Waals surface area contributed by atoms with Gasteiger partial charge in [0.05, 0.1) is 5.39 Å². The van der Waals surface area contributed by atoms with E-state index in [-0.39, 0.29) is 0 Å². The first kappa shape index (κ1) is 17.3. The van der Waals surface area contributed by atoms with E-state index in [2.05, 4.69) is 28.3 Å². The Kier molecular flexibility index (Phi) is 4.49. The number of aromatic nitrogens is 4. The van der Waals surface area contributed by atoms with E-state index in [0.717, 1.165) is 46.4 Å². The van der Waals surface area contributed by atoms with Crippen LogP contribution in [-0.2, 0) is 19.4 Å². The van der Waals surface area contributed by atoms with Crippen molar-refractivity contribution < 1.29 is 0 Å². The molecule has 4 aromatic rings. The van der Waals surface area contributed by atoms with Crippen molar-refractivity contribution in [1.82, 2.24) is 19.9 Å². The fourth-order valence-corrected chi connectivity index (χ4v) is 5.17. The Labute approximate surface area is 167 Å². The summed E-state index contributed by atoms with van der Waals surface area (Å²) in [7, 11) is 0. The summed E-state index contributed by atoms with van der Waals surface area (Å²) in [6.07, 6.45) is 10.7. The molecule has 0 saturated carbocycles. The Bertz CT molecular complexity index is 1110. The van der Waals surface area contributed by atoms with Gasteiger partial charge in [0.15, 0.2) is 5.82 Å². The molecule has 0 saturated heterocycles. The molecule has 4 heterocycles. The van der Waals surface area contributed by atoms with Gasteiger partial charge in [-0.3, -0.25) is 9.97 Å². The molecule has 0 aromatic carbocycles. The van der Waals surface area contributed by atoms with Gasteiger partial charge in [-0.2, -0.15) is 0 Å². The number of hydrogen-bond donors (Lipinski definition) is 1. The largest absolute Gasteiger partial charge is 0.365 e. The summed E-state index contributed by atoms with van der Waals surface area (Å²) in [4.78, 5) is 20.8. The summed E-state index contributed by atoms with van der Waals surface area (Å²) >= 11 is 1.82. The van der Waals surface area contributed by atoms with E-state index < -0.39 is 0 Å². The van der Waals surface area contributed by atoms with Crippen LogP contribution in [0.4, 0.5) is 5.82 Å². The number of thiophene rings is 1. The molecule has 0 bridgehead atoms. The third-order valence-electron chi connectivity index (χ3n) is 5.26. The number of aryl methyl sites for hydroxylation is 1. The first-order chi connectivity index (χ1) is 13.8. The number of rotatable bonds is 4. The number of fused-ring (bicyclic) bond motifs is 3. The number of nitrogens with one attached hydrogen (secondary N) is 1. The van der Waals surface area contributed by atoms with Crippen molar-refractivity contribution in [2.24, 2.45) is 5.92 Å². The Balaban J connectivity index is 1.62. The van der Waals surface area contributed by atoms with Crippen LogP contribution < -0.4 is 5.32 Å². The standard InChI is InChI=1S/C22H21N5S/c1-14-6-7-17-18(10-14)28-22-19(17)21(25-12-15-4-2-8-23-11-15)26-20(27-22)16-5-3-9-24-13-16/h2-5,8-9,11,13-14H,6-7,10,12H2,1H3,(H,25,26,27)/t14-/m0/s1. The molecule has 0 amide bonds. The van der Waals surface area contributed by atoms with E-state index in [0.29, 0.717) is 6.54 Å². The fraction of sp³-hybridized carbons (Fsp3) is 0.273. The molecule has 28 heavy (non-hydrogen) atoms. The summed E-state index contributed by atoms with van der Waals surface area (Å²) in [5.74, 6) is 2.37. The second-order valence-corrected chi connectivity index (χ2v) is 8.47. The number of anilines is 1. The summed E-state index contributed by atoms with van der Waals surface area (Å²) in [5, 5.41) is 4.75. The summed E-state index contributed by atoms with van der Waals surface area (Å²) in [6, 6.07) is 7.97. The average Bonchev–Trinajstić information content (AvgIpc) is 3.10. The second kappa shape index (κ2) is 7.28. The maximum atomic E-state index is 4.91. The van der Waals surface area contributed by atoms with E-state index >= 15 is 0 Å². The lowest BCUT2D eigenvalue weighted by Gasteiger charge is -2.18. The van der Waals surface area contributed by atoms with E-state index in [1.807, 2.05) is 41.9 Å². The van der Waals surface area contributed by atoms with Crippen molar-refractivity contribution in [1.29, 1.82) is 0 Å². The lowest BCUT2D eigenvalue weighted by atomic mass is 9.89. The molecular formula is C22H21N5S. The van der Waals surface area contributed by atoms with Crippen LogP contribution in [0.15, 0.2) is 49.1 Å². The van der Waals surface area contributed by atoms with Crippen molar-refractivity contribution in [3.05, 3.63) is 65.1 Å². The molecule has 1 N–H and O–H groups in total. The zero-order chi connectivity index (χ0) is 18.9. The maximum Gasteiger partial charge on any atom is 0.164 e. The van der Waals surface area contributed by atoms with Gasteiger partial charge in [0, 0.05) is 41.8 Å². The number of pyridine rings is 2. The van der Waals surface area contributed by atoms with Crippen molar-refractivity contribution in [2.45, 2.75) is 32.7 Å². The number of nitrogens with zero attached hydrogens (tertiary/aromatic N) is 4. The van der Waals surface area contributed by atoms with E-state index in [1.165, 1.54) is 22.2 Å². The van der Waals surface area contributed by atoms with Crippen LogP contribution in [0.3, 0.4) is 0 Å². The zero-order valence-corrected chi connectivity index (χ0v) is 16.5. The third kappa shape index (κ3) is 3.24. The third-order valence-corrected chi connectivity index (χ3v) is 6.41. The first-order valence-corrected chi connectivity index (χ1v) is 10.4. The van der Waals surface area contributed by atoms with Crippen LogP contribution in [0, 0.1) is 5.92 Å². The highest BCUT2D eigenvalue weighted by Gasteiger charge is 2.24. The molecule has 1 aliphatic rings. The van der Waals surface area contributed by atoms with Crippen LogP contribution in [0.1, 0.15) is 29.3 Å². The monoisotopic (exact) mass is 387 g/mol. The molecule has 0 spiro atoms. The average molecular weight is 388 g/mol. The normalized spacial score (nSPS) is 16.1. The number of hydrogen-bond acceptors (Lipinski definition) is 6. The minimum absolute atomic E-state index is 0.688. The molecular weight excluding hydrogens is 366 g/mol. The van der Waals surface area contributed by atoms with Crippen LogP contribution in [-0.4, -0.2) is 19.9 Å². The predicted octanol–water partition coefficient (Wildman–Crippen LogP) is 4.89. The predicted molar refractivity (Wildman–Crippen MR) is 113 cm³/mol. The summed E-state index contributed by atoms with van der Waals surface area (Å²) in [5.41, 5.74) is 3.51. The molecule has 0 fully saturated rings. The van der Waals surface area contributed by atoms with E-state index in [1.54, 1.807) is 12.4 Å². The van der Waals surface area contributed by atoms with Gasteiger partial charge in [-0.15, -0.1) is 11.3 Å². The van der Waals surface area contributed by atoms with Crippen molar-refractivity contribution in [3.8, 4) is 11.4 Å². The molecule has 5 rings (SSSR count). The highest BCUT2D eigenvalue weighted by Crippen LogP contribution is 2.40. The SMILES string of the molecule is C[C@H]1CCc2c(sc3nc(-c4cccnc4)nc(NCc4cccnc4)c23)C1. The Morgan fingerprint density at radius 1 is 1.11 bits per heavy atom. The van der Waals surface area contributed by atoms with E-state index in [4.69, 9.17) is 9.97 Å². The lowest BCUT2D eigenvalue weighted by molar-refractivity contribution is 0.509. The van der Waals surface area contributed by atoms with Gasteiger partial charge in [-0.05, 0) is 54.5 Å². The highest BCUT2D eigenvalue weighted by atomic mass is 32.1. The summed E-state index contributed by atoms with van der Waals surface area (Å²) < 4.78 is 0. The van der Waals surface area contributed by atoms with Crippen molar-refractivity contribution >= 4 is 27.4 Å². The van der Waals surface area contributed by atoms with Gasteiger partial charge < -0.3 is 5.32 Å². The van der Waals surface area contributed by atoms with Gasteiger partial charge in [-0.1, -0.05) is 13.0 Å². The molecule has 4 aromatic heterocycles. The Morgan fingerprint density at radius 3 is 2.75 bits per heavy atom. The topological polar surface area (TPSA) is 63.6 Å². The van der Waals surface area contributed by atoms with Crippen LogP contribution in [0.2, 0.25) is 0 Å². The lowest BCUT2D eigenvalue weighted by Crippen LogP contribution is -2.10. The van der Waals surface area contributed by atoms with Crippen molar-refractivity contribution in [3.63, 3.8) is 0 Å². The van der Waals surface area contributed by atoms with Gasteiger partial charge in [-0.25, -0.2) is 9.97 Å². The molecule has 6 heteroatoms. The van der Waals surface area contributed by atoms with Gasteiger partial charge >= 0.3 is 0 Å². The van der Waals surface area contributed by atoms with Crippen LogP contribution >= 0.6 is 11.3 Å². The van der Waals surface area contributed by atoms with Crippen molar-refractivity contribution in [2.75, 3.05) is 5.32 Å². The Hall–Kier alpha value is -2.86. The molecule has 1 aliphatic carbocycles. The molecule has 0 unspecified atom stereocenters. The van der Waals surface area contributed by atoms with Gasteiger partial charge in [0.25, 0.3) is 0 Å². The molecule has 5 nitrogen and oxygen atoms in total. The van der Waals surface area contributed by atoms with Crippen LogP contribution in [0.5, 0.6) is 0 Å². The Morgan fingerprint density at radius 2 is 1.96 bits per heavy atom. The highest BCUT2D eigenvalue weighted by molar-refractivity contribution is 7.19. The zero-order valence-electron chi connectivity index (χ0n) is 15.7. The van der Waals surface area contributed by atoms with Gasteiger partial charge in [0.1, 0.15) is 10.6 Å². The molecule has 1 atom stereocenters. The minimum atomic E-state index is 0.688. The van der Waals surface area contributed by atoms with Gasteiger partial charge in [0.2, 0.25) is 0 Å².